The standard InChI is InChI=1S/C10H16FN3O/c11-10-8(1-4-12)7-13-14(10)9-2-5-15-6-3-9/h7,9H,1-6,12H2. The minimum atomic E-state index is -0.229. The molecule has 1 aromatic rings. The van der Waals surface area contributed by atoms with Crippen molar-refractivity contribution in [2.24, 2.45) is 5.73 Å². The molecule has 1 aliphatic heterocycles. The van der Waals surface area contributed by atoms with Crippen molar-refractivity contribution in [1.29, 1.82) is 0 Å². The van der Waals surface area contributed by atoms with Gasteiger partial charge in [0.2, 0.25) is 5.95 Å². The Morgan fingerprint density at radius 3 is 2.93 bits per heavy atom. The summed E-state index contributed by atoms with van der Waals surface area (Å²) in [5, 5.41) is 4.09. The van der Waals surface area contributed by atoms with Crippen LogP contribution in [-0.4, -0.2) is 29.5 Å². The molecule has 0 amide bonds. The van der Waals surface area contributed by atoms with E-state index in [9.17, 15) is 4.39 Å². The van der Waals surface area contributed by atoms with Crippen molar-refractivity contribution in [2.75, 3.05) is 19.8 Å². The average molecular weight is 213 g/mol. The summed E-state index contributed by atoms with van der Waals surface area (Å²) in [5.74, 6) is -0.229. The van der Waals surface area contributed by atoms with Gasteiger partial charge < -0.3 is 10.5 Å². The highest BCUT2D eigenvalue weighted by Crippen LogP contribution is 2.22. The number of hydrogen-bond acceptors (Lipinski definition) is 3. The maximum Gasteiger partial charge on any atom is 0.214 e. The molecule has 1 saturated heterocycles. The lowest BCUT2D eigenvalue weighted by Crippen LogP contribution is -2.21. The van der Waals surface area contributed by atoms with E-state index in [2.05, 4.69) is 5.10 Å². The van der Waals surface area contributed by atoms with Crippen LogP contribution in [0.25, 0.3) is 0 Å². The molecule has 2 N–H and O–H groups in total. The second-order valence-electron chi connectivity index (χ2n) is 3.79. The zero-order chi connectivity index (χ0) is 10.7. The third kappa shape index (κ3) is 2.18. The molecule has 4 nitrogen and oxygen atoms in total. The van der Waals surface area contributed by atoms with E-state index in [-0.39, 0.29) is 12.0 Å². The van der Waals surface area contributed by atoms with Crippen LogP contribution < -0.4 is 5.73 Å². The van der Waals surface area contributed by atoms with Crippen LogP contribution in [0.15, 0.2) is 6.20 Å². The summed E-state index contributed by atoms with van der Waals surface area (Å²) in [7, 11) is 0. The van der Waals surface area contributed by atoms with Crippen molar-refractivity contribution in [3.05, 3.63) is 17.7 Å². The van der Waals surface area contributed by atoms with Gasteiger partial charge in [0.1, 0.15) is 0 Å². The van der Waals surface area contributed by atoms with Crippen molar-refractivity contribution in [3.63, 3.8) is 0 Å². The van der Waals surface area contributed by atoms with Gasteiger partial charge in [-0.15, -0.1) is 0 Å². The lowest BCUT2D eigenvalue weighted by Gasteiger charge is -2.22. The molecule has 0 aromatic carbocycles. The van der Waals surface area contributed by atoms with E-state index in [1.165, 1.54) is 4.68 Å². The molecule has 0 spiro atoms. The smallest absolute Gasteiger partial charge is 0.214 e. The van der Waals surface area contributed by atoms with E-state index in [0.717, 1.165) is 12.8 Å². The predicted molar refractivity (Wildman–Crippen MR) is 54.0 cm³/mol. The summed E-state index contributed by atoms with van der Waals surface area (Å²) in [5.41, 5.74) is 6.01. The van der Waals surface area contributed by atoms with Gasteiger partial charge in [0.25, 0.3) is 0 Å². The first-order chi connectivity index (χ1) is 7.33. The van der Waals surface area contributed by atoms with Crippen LogP contribution in [0.2, 0.25) is 0 Å². The summed E-state index contributed by atoms with van der Waals surface area (Å²) in [6.07, 6.45) is 3.80. The van der Waals surface area contributed by atoms with Crippen LogP contribution in [-0.2, 0) is 11.2 Å². The van der Waals surface area contributed by atoms with Crippen molar-refractivity contribution < 1.29 is 9.13 Å². The third-order valence-corrected chi connectivity index (χ3v) is 2.75. The minimum Gasteiger partial charge on any atom is -0.381 e. The van der Waals surface area contributed by atoms with Crippen LogP contribution in [0.4, 0.5) is 4.39 Å². The fourth-order valence-corrected chi connectivity index (χ4v) is 1.89. The van der Waals surface area contributed by atoms with Gasteiger partial charge in [-0.2, -0.15) is 9.49 Å². The Hall–Kier alpha value is -0.940. The Labute approximate surface area is 88.2 Å². The monoisotopic (exact) mass is 213 g/mol. The fourth-order valence-electron chi connectivity index (χ4n) is 1.89. The summed E-state index contributed by atoms with van der Waals surface area (Å²) in [4.78, 5) is 0. The normalized spacial score (nSPS) is 18.3. The number of hydrogen-bond donors (Lipinski definition) is 1. The van der Waals surface area contributed by atoms with E-state index in [1.54, 1.807) is 6.20 Å². The number of nitrogens with two attached hydrogens (primary N) is 1. The van der Waals surface area contributed by atoms with Crippen molar-refractivity contribution in [3.8, 4) is 0 Å². The molecule has 1 aromatic heterocycles. The quantitative estimate of drug-likeness (QED) is 0.810. The highest BCUT2D eigenvalue weighted by Gasteiger charge is 2.20. The average Bonchev–Trinajstić information content (AvgIpc) is 2.63. The maximum absolute atomic E-state index is 13.8. The molecule has 5 heteroatoms. The highest BCUT2D eigenvalue weighted by molar-refractivity contribution is 5.08. The molecule has 1 fully saturated rings. The summed E-state index contributed by atoms with van der Waals surface area (Å²) < 4.78 is 20.5. The molecule has 0 saturated carbocycles. The van der Waals surface area contributed by atoms with E-state index in [4.69, 9.17) is 10.5 Å². The Kier molecular flexibility index (Phi) is 3.33. The number of rotatable bonds is 3. The van der Waals surface area contributed by atoms with Crippen LogP contribution in [0.1, 0.15) is 24.4 Å². The van der Waals surface area contributed by atoms with Gasteiger partial charge in [0, 0.05) is 18.8 Å². The maximum atomic E-state index is 13.8. The summed E-state index contributed by atoms with van der Waals surface area (Å²) >= 11 is 0. The molecule has 1 aliphatic rings. The summed E-state index contributed by atoms with van der Waals surface area (Å²) in [6, 6.07) is 0.144. The largest absolute Gasteiger partial charge is 0.381 e. The van der Waals surface area contributed by atoms with Gasteiger partial charge in [0.05, 0.1) is 12.2 Å². The first kappa shape index (κ1) is 10.6. The van der Waals surface area contributed by atoms with Gasteiger partial charge in [-0.25, -0.2) is 4.68 Å². The molecule has 84 valence electrons. The first-order valence-electron chi connectivity index (χ1n) is 5.32. The van der Waals surface area contributed by atoms with Gasteiger partial charge in [0.15, 0.2) is 0 Å². The second-order valence-corrected chi connectivity index (χ2v) is 3.79. The van der Waals surface area contributed by atoms with Crippen LogP contribution >= 0.6 is 0 Å². The third-order valence-electron chi connectivity index (χ3n) is 2.75. The molecule has 0 unspecified atom stereocenters. The topological polar surface area (TPSA) is 53.1 Å². The van der Waals surface area contributed by atoms with E-state index in [0.29, 0.717) is 31.7 Å². The van der Waals surface area contributed by atoms with E-state index in [1.807, 2.05) is 0 Å². The van der Waals surface area contributed by atoms with Gasteiger partial charge in [-0.3, -0.25) is 0 Å². The Balaban J connectivity index is 2.13. The van der Waals surface area contributed by atoms with Gasteiger partial charge in [-0.1, -0.05) is 0 Å². The first-order valence-corrected chi connectivity index (χ1v) is 5.32. The Bertz CT molecular complexity index is 320. The van der Waals surface area contributed by atoms with Crippen LogP contribution in [0, 0.1) is 5.95 Å². The number of aromatic nitrogens is 2. The SMILES string of the molecule is NCCc1cnn(C2CCOCC2)c1F. The number of nitrogens with zero attached hydrogens (tertiary/aromatic N) is 2. The highest BCUT2D eigenvalue weighted by atomic mass is 19.1. The van der Waals surface area contributed by atoms with Crippen molar-refractivity contribution >= 4 is 0 Å². The molecular weight excluding hydrogens is 197 g/mol. The minimum absolute atomic E-state index is 0.144. The van der Waals surface area contributed by atoms with Gasteiger partial charge in [-0.05, 0) is 25.8 Å². The Morgan fingerprint density at radius 1 is 1.53 bits per heavy atom. The molecular formula is C10H16FN3O. The fraction of sp³-hybridized carbons (Fsp3) is 0.700. The van der Waals surface area contributed by atoms with Crippen LogP contribution in [0.3, 0.4) is 0 Å². The van der Waals surface area contributed by atoms with Crippen molar-refractivity contribution in [1.82, 2.24) is 9.78 Å². The molecule has 2 heterocycles. The van der Waals surface area contributed by atoms with E-state index >= 15 is 0 Å². The lowest BCUT2D eigenvalue weighted by atomic mass is 10.1. The van der Waals surface area contributed by atoms with Crippen LogP contribution in [0.5, 0.6) is 0 Å². The summed E-state index contributed by atoms with van der Waals surface area (Å²) in [6.45, 7) is 1.84. The molecule has 0 bridgehead atoms. The zero-order valence-electron chi connectivity index (χ0n) is 8.66. The zero-order valence-corrected chi connectivity index (χ0v) is 8.66. The molecule has 0 atom stereocenters. The number of halogens is 1. The molecule has 15 heavy (non-hydrogen) atoms. The lowest BCUT2D eigenvalue weighted by molar-refractivity contribution is 0.0626. The molecule has 2 rings (SSSR count). The second kappa shape index (κ2) is 4.72. The van der Waals surface area contributed by atoms with E-state index < -0.39 is 0 Å². The molecule has 0 radical (unpaired) electrons. The van der Waals surface area contributed by atoms with Crippen molar-refractivity contribution in [2.45, 2.75) is 25.3 Å². The molecule has 0 aliphatic carbocycles. The number of ether oxygens (including phenoxy) is 1. The predicted octanol–water partition coefficient (Wildman–Crippen LogP) is 0.875. The Morgan fingerprint density at radius 2 is 2.27 bits per heavy atom. The van der Waals surface area contributed by atoms with Gasteiger partial charge >= 0.3 is 0 Å².